The van der Waals surface area contributed by atoms with Crippen LogP contribution in [-0.2, 0) is 9.53 Å². The molecule has 2 rings (SSSR count). The van der Waals surface area contributed by atoms with Crippen LogP contribution in [0.5, 0.6) is 0 Å². The Morgan fingerprint density at radius 3 is 2.95 bits per heavy atom. The summed E-state index contributed by atoms with van der Waals surface area (Å²) in [5, 5.41) is 0.655. The van der Waals surface area contributed by atoms with E-state index < -0.39 is 0 Å². The lowest BCUT2D eigenvalue weighted by atomic mass is 9.96. The van der Waals surface area contributed by atoms with Gasteiger partial charge in [0.05, 0.1) is 12.6 Å². The number of hydrogen-bond acceptors (Lipinski definition) is 3. The number of benzene rings is 1. The number of ether oxygens (including phenoxy) is 1. The maximum absolute atomic E-state index is 12.4. The summed E-state index contributed by atoms with van der Waals surface area (Å²) in [5.74, 6) is 0.131. The third-order valence-corrected chi connectivity index (χ3v) is 4.73. The number of methoxy groups -OCH3 is 1. The summed E-state index contributed by atoms with van der Waals surface area (Å²) in [7, 11) is 1.63. The first-order chi connectivity index (χ1) is 10.0. The van der Waals surface area contributed by atoms with E-state index in [2.05, 4.69) is 15.9 Å². The number of carbonyl (C=O) groups excluding carboxylic acids is 1. The Kier molecular flexibility index (Phi) is 6.05. The molecule has 0 aliphatic carbocycles. The van der Waals surface area contributed by atoms with Gasteiger partial charge in [-0.15, -0.1) is 0 Å². The van der Waals surface area contributed by atoms with E-state index in [1.54, 1.807) is 7.11 Å². The van der Waals surface area contributed by atoms with Crippen LogP contribution in [0.1, 0.15) is 30.9 Å². The molecule has 1 aliphatic heterocycles. The average Bonchev–Trinajstić information content (AvgIpc) is 2.56. The molecule has 4 nitrogen and oxygen atoms in total. The molecule has 21 heavy (non-hydrogen) atoms. The SMILES string of the molecule is COCCN1C(=O)CCCC(N)C1c1ccc(Cl)cc1Br. The minimum Gasteiger partial charge on any atom is -0.383 e. The number of hydrogen-bond donors (Lipinski definition) is 1. The zero-order valence-electron chi connectivity index (χ0n) is 12.0. The molecule has 1 saturated heterocycles. The van der Waals surface area contributed by atoms with Crippen molar-refractivity contribution in [3.8, 4) is 0 Å². The molecule has 6 heteroatoms. The molecule has 0 bridgehead atoms. The molecule has 1 amide bonds. The van der Waals surface area contributed by atoms with E-state index in [-0.39, 0.29) is 18.0 Å². The van der Waals surface area contributed by atoms with Crippen molar-refractivity contribution < 1.29 is 9.53 Å². The van der Waals surface area contributed by atoms with Gasteiger partial charge in [0.15, 0.2) is 0 Å². The molecule has 1 aromatic carbocycles. The lowest BCUT2D eigenvalue weighted by Crippen LogP contribution is -2.43. The second-order valence-corrected chi connectivity index (χ2v) is 6.54. The Balaban J connectivity index is 2.38. The summed E-state index contributed by atoms with van der Waals surface area (Å²) in [6.07, 6.45) is 2.19. The molecule has 0 radical (unpaired) electrons. The van der Waals surface area contributed by atoms with Gasteiger partial charge in [-0.25, -0.2) is 0 Å². The van der Waals surface area contributed by atoms with Gasteiger partial charge in [0.2, 0.25) is 5.91 Å². The summed E-state index contributed by atoms with van der Waals surface area (Å²) in [6, 6.07) is 5.37. The number of halogens is 2. The number of nitrogens with zero attached hydrogens (tertiary/aromatic N) is 1. The summed E-state index contributed by atoms with van der Waals surface area (Å²) in [4.78, 5) is 14.2. The van der Waals surface area contributed by atoms with Gasteiger partial charge in [0, 0.05) is 35.6 Å². The Labute approximate surface area is 138 Å². The predicted molar refractivity (Wildman–Crippen MR) is 87.3 cm³/mol. The summed E-state index contributed by atoms with van der Waals surface area (Å²) in [5.41, 5.74) is 7.35. The first kappa shape index (κ1) is 16.7. The minimum atomic E-state index is -0.151. The number of carbonyl (C=O) groups is 1. The lowest BCUT2D eigenvalue weighted by Gasteiger charge is -2.34. The van der Waals surface area contributed by atoms with Crippen LogP contribution in [0.2, 0.25) is 5.02 Å². The highest BCUT2D eigenvalue weighted by atomic mass is 79.9. The molecule has 2 N–H and O–H groups in total. The van der Waals surface area contributed by atoms with Crippen molar-refractivity contribution in [3.05, 3.63) is 33.3 Å². The van der Waals surface area contributed by atoms with Gasteiger partial charge < -0.3 is 15.4 Å². The van der Waals surface area contributed by atoms with Gasteiger partial charge in [-0.1, -0.05) is 33.6 Å². The fourth-order valence-electron chi connectivity index (χ4n) is 2.77. The highest BCUT2D eigenvalue weighted by molar-refractivity contribution is 9.10. The molecule has 2 atom stereocenters. The molecular formula is C15H20BrClN2O2. The van der Waals surface area contributed by atoms with Crippen LogP contribution >= 0.6 is 27.5 Å². The third kappa shape index (κ3) is 3.97. The highest BCUT2D eigenvalue weighted by Gasteiger charge is 2.33. The van der Waals surface area contributed by atoms with E-state index in [1.165, 1.54) is 0 Å². The maximum atomic E-state index is 12.4. The molecule has 0 aromatic heterocycles. The summed E-state index contributed by atoms with van der Waals surface area (Å²) >= 11 is 9.55. The molecule has 1 aromatic rings. The van der Waals surface area contributed by atoms with Gasteiger partial charge in [-0.2, -0.15) is 0 Å². The van der Waals surface area contributed by atoms with Crippen molar-refractivity contribution in [3.63, 3.8) is 0 Å². The van der Waals surface area contributed by atoms with E-state index in [0.717, 1.165) is 22.9 Å². The summed E-state index contributed by atoms with van der Waals surface area (Å²) < 4.78 is 6.02. The smallest absolute Gasteiger partial charge is 0.223 e. The van der Waals surface area contributed by atoms with Crippen LogP contribution in [0, 0.1) is 0 Å². The fourth-order valence-corrected chi connectivity index (χ4v) is 3.69. The van der Waals surface area contributed by atoms with Crippen LogP contribution in [0.3, 0.4) is 0 Å². The minimum absolute atomic E-state index is 0.0919. The highest BCUT2D eigenvalue weighted by Crippen LogP contribution is 2.35. The largest absolute Gasteiger partial charge is 0.383 e. The quantitative estimate of drug-likeness (QED) is 0.879. The molecule has 1 heterocycles. The van der Waals surface area contributed by atoms with Gasteiger partial charge in [-0.3, -0.25) is 4.79 Å². The average molecular weight is 376 g/mol. The molecule has 2 unspecified atom stereocenters. The van der Waals surface area contributed by atoms with E-state index >= 15 is 0 Å². The lowest BCUT2D eigenvalue weighted by molar-refractivity contribution is -0.134. The first-order valence-corrected chi connectivity index (χ1v) is 8.20. The Bertz CT molecular complexity index is 512. The zero-order valence-corrected chi connectivity index (χ0v) is 14.4. The standard InChI is InChI=1S/C15H20BrClN2O2/c1-21-8-7-19-14(20)4-2-3-13(18)15(19)11-6-5-10(17)9-12(11)16/h5-6,9,13,15H,2-4,7-8,18H2,1H3. The number of rotatable bonds is 4. The Morgan fingerprint density at radius 2 is 2.29 bits per heavy atom. The third-order valence-electron chi connectivity index (χ3n) is 3.81. The van der Waals surface area contributed by atoms with Gasteiger partial charge in [-0.05, 0) is 30.5 Å². The second kappa shape index (κ2) is 7.58. The van der Waals surface area contributed by atoms with Crippen LogP contribution in [0.4, 0.5) is 0 Å². The molecule has 1 aliphatic rings. The van der Waals surface area contributed by atoms with Crippen molar-refractivity contribution in [2.75, 3.05) is 20.3 Å². The van der Waals surface area contributed by atoms with Crippen LogP contribution in [0.15, 0.2) is 22.7 Å². The van der Waals surface area contributed by atoms with E-state index in [9.17, 15) is 4.79 Å². The monoisotopic (exact) mass is 374 g/mol. The fraction of sp³-hybridized carbons (Fsp3) is 0.533. The van der Waals surface area contributed by atoms with Crippen LogP contribution in [-0.4, -0.2) is 37.1 Å². The van der Waals surface area contributed by atoms with Gasteiger partial charge in [0.1, 0.15) is 0 Å². The number of nitrogens with two attached hydrogens (primary N) is 1. The van der Waals surface area contributed by atoms with Gasteiger partial charge >= 0.3 is 0 Å². The second-order valence-electron chi connectivity index (χ2n) is 5.25. The molecule has 0 spiro atoms. The Hall–Kier alpha value is -0.620. The van der Waals surface area contributed by atoms with Crippen molar-refractivity contribution in [2.45, 2.75) is 31.3 Å². The maximum Gasteiger partial charge on any atom is 0.223 e. The topological polar surface area (TPSA) is 55.6 Å². The van der Waals surface area contributed by atoms with Crippen molar-refractivity contribution in [1.29, 1.82) is 0 Å². The molecular weight excluding hydrogens is 356 g/mol. The molecule has 1 fully saturated rings. The van der Waals surface area contributed by atoms with E-state index in [0.29, 0.717) is 24.6 Å². The number of amides is 1. The Morgan fingerprint density at radius 1 is 1.52 bits per heavy atom. The van der Waals surface area contributed by atoms with Crippen molar-refractivity contribution >= 4 is 33.4 Å². The van der Waals surface area contributed by atoms with Crippen LogP contribution in [0.25, 0.3) is 0 Å². The predicted octanol–water partition coefficient (Wildman–Crippen LogP) is 3.13. The number of likely N-dealkylation sites (tertiary alicyclic amines) is 1. The van der Waals surface area contributed by atoms with Crippen LogP contribution < -0.4 is 5.73 Å². The molecule has 0 saturated carbocycles. The van der Waals surface area contributed by atoms with E-state index in [4.69, 9.17) is 22.1 Å². The van der Waals surface area contributed by atoms with Crippen molar-refractivity contribution in [1.82, 2.24) is 4.90 Å². The zero-order chi connectivity index (χ0) is 15.4. The molecule has 116 valence electrons. The normalized spacial score (nSPS) is 23.2. The van der Waals surface area contributed by atoms with Gasteiger partial charge in [0.25, 0.3) is 0 Å². The summed E-state index contributed by atoms with van der Waals surface area (Å²) in [6.45, 7) is 1.04. The van der Waals surface area contributed by atoms with Crippen molar-refractivity contribution in [2.24, 2.45) is 5.73 Å². The van der Waals surface area contributed by atoms with E-state index in [1.807, 2.05) is 23.1 Å². The first-order valence-electron chi connectivity index (χ1n) is 7.03.